The molecule has 0 spiro atoms. The summed E-state index contributed by atoms with van der Waals surface area (Å²) in [5.41, 5.74) is 3.89. The van der Waals surface area contributed by atoms with Crippen LogP contribution in [0.3, 0.4) is 0 Å². The molecule has 4 nitrogen and oxygen atoms in total. The molecule has 1 aromatic rings. The minimum atomic E-state index is -0.215. The molecule has 1 amide bonds. The molecular weight excluding hydrogens is 468 g/mol. The molecular formula is C34H48N2O2. The molecule has 4 heteroatoms. The number of nitrogens with one attached hydrogen (secondary N) is 2. The van der Waals surface area contributed by atoms with Gasteiger partial charge in [-0.3, -0.25) is 9.59 Å². The number of carbonyl (C=O) groups is 2. The largest absolute Gasteiger partial charge is 0.387 e. The van der Waals surface area contributed by atoms with Gasteiger partial charge in [-0.25, -0.2) is 0 Å². The number of piperidine rings is 1. The zero-order chi connectivity index (χ0) is 26.9. The van der Waals surface area contributed by atoms with E-state index in [4.69, 9.17) is 0 Å². The Labute approximate surface area is 229 Å². The average Bonchev–Trinajstić information content (AvgIpc) is 3.49. The summed E-state index contributed by atoms with van der Waals surface area (Å²) in [4.78, 5) is 26.3. The molecule has 6 rings (SSSR count). The molecule has 1 saturated heterocycles. The number of ketones is 1. The number of rotatable bonds is 3. The van der Waals surface area contributed by atoms with Crippen LogP contribution in [0.2, 0.25) is 0 Å². The maximum absolute atomic E-state index is 14.2. The maximum atomic E-state index is 14.2. The van der Waals surface area contributed by atoms with Gasteiger partial charge in [0.15, 0.2) is 5.78 Å². The van der Waals surface area contributed by atoms with Gasteiger partial charge in [-0.1, -0.05) is 71.7 Å². The summed E-state index contributed by atoms with van der Waals surface area (Å²) in [7, 11) is 0. The van der Waals surface area contributed by atoms with Crippen molar-refractivity contribution in [3.05, 3.63) is 47.2 Å². The van der Waals surface area contributed by atoms with Crippen LogP contribution in [-0.2, 0) is 20.5 Å². The van der Waals surface area contributed by atoms with Gasteiger partial charge in [0.2, 0.25) is 5.91 Å². The Morgan fingerprint density at radius 1 is 0.947 bits per heavy atom. The Balaban J connectivity index is 1.22. The van der Waals surface area contributed by atoms with Crippen LogP contribution in [-0.4, -0.2) is 18.2 Å². The number of benzene rings is 1. The summed E-state index contributed by atoms with van der Waals surface area (Å²) in [6.45, 7) is 12.6. The lowest BCUT2D eigenvalue weighted by atomic mass is 9.50. The van der Waals surface area contributed by atoms with E-state index in [-0.39, 0.29) is 33.5 Å². The fraction of sp³-hybridized carbons (Fsp3) is 0.706. The van der Waals surface area contributed by atoms with Gasteiger partial charge in [0.05, 0.1) is 5.54 Å². The first-order chi connectivity index (χ1) is 18.0. The number of allylic oxidation sites excluding steroid dienone is 2. The molecule has 4 aliphatic carbocycles. The average molecular weight is 517 g/mol. The second-order valence-corrected chi connectivity index (χ2v) is 15.0. The van der Waals surface area contributed by atoms with E-state index in [0.29, 0.717) is 30.1 Å². The summed E-state index contributed by atoms with van der Waals surface area (Å²) in [5, 5.41) is 7.40. The lowest BCUT2D eigenvalue weighted by Gasteiger charge is -2.58. The van der Waals surface area contributed by atoms with E-state index >= 15 is 0 Å². The molecule has 3 saturated carbocycles. The molecule has 206 valence electrons. The molecule has 5 aliphatic rings. The van der Waals surface area contributed by atoms with Crippen LogP contribution >= 0.6 is 0 Å². The molecule has 1 heterocycles. The van der Waals surface area contributed by atoms with Crippen LogP contribution in [0.1, 0.15) is 110 Å². The fourth-order valence-electron chi connectivity index (χ4n) is 9.65. The van der Waals surface area contributed by atoms with Crippen LogP contribution in [0.5, 0.6) is 0 Å². The topological polar surface area (TPSA) is 58.2 Å². The third-order valence-corrected chi connectivity index (χ3v) is 12.0. The summed E-state index contributed by atoms with van der Waals surface area (Å²) >= 11 is 0. The van der Waals surface area contributed by atoms with E-state index < -0.39 is 0 Å². The maximum Gasteiger partial charge on any atom is 0.224 e. The van der Waals surface area contributed by atoms with E-state index in [1.807, 2.05) is 6.08 Å². The van der Waals surface area contributed by atoms with Crippen molar-refractivity contribution in [3.8, 4) is 0 Å². The SMILES string of the molecule is CC(C)(C)c1ccc(C2(NC(=O)[C@H]3CCC4C5CNC6=CC(=O)CC[C@]6(C)C5CC[C@@]43C)CCCC2)cc1. The van der Waals surface area contributed by atoms with Crippen molar-refractivity contribution in [3.63, 3.8) is 0 Å². The molecule has 3 unspecified atom stereocenters. The Kier molecular flexibility index (Phi) is 6.16. The summed E-state index contributed by atoms with van der Waals surface area (Å²) in [5.74, 6) is 2.45. The fourth-order valence-corrected chi connectivity index (χ4v) is 9.65. The van der Waals surface area contributed by atoms with Crippen molar-refractivity contribution in [1.29, 1.82) is 0 Å². The van der Waals surface area contributed by atoms with Crippen molar-refractivity contribution >= 4 is 11.7 Å². The molecule has 0 bridgehead atoms. The predicted octanol–water partition coefficient (Wildman–Crippen LogP) is 6.78. The Morgan fingerprint density at radius 2 is 1.66 bits per heavy atom. The van der Waals surface area contributed by atoms with Gasteiger partial charge in [0.25, 0.3) is 0 Å². The predicted molar refractivity (Wildman–Crippen MR) is 152 cm³/mol. The highest BCUT2D eigenvalue weighted by Crippen LogP contribution is 2.64. The minimum Gasteiger partial charge on any atom is -0.387 e. The van der Waals surface area contributed by atoms with Crippen molar-refractivity contribution in [1.82, 2.24) is 10.6 Å². The van der Waals surface area contributed by atoms with Crippen LogP contribution in [0.15, 0.2) is 36.0 Å². The van der Waals surface area contributed by atoms with Crippen molar-refractivity contribution in [2.75, 3.05) is 6.54 Å². The Hall–Kier alpha value is -2.10. The van der Waals surface area contributed by atoms with Gasteiger partial charge in [-0.15, -0.1) is 0 Å². The van der Waals surface area contributed by atoms with Gasteiger partial charge >= 0.3 is 0 Å². The highest BCUT2D eigenvalue weighted by molar-refractivity contribution is 5.91. The van der Waals surface area contributed by atoms with Crippen LogP contribution < -0.4 is 10.6 Å². The quantitative estimate of drug-likeness (QED) is 0.465. The molecule has 38 heavy (non-hydrogen) atoms. The van der Waals surface area contributed by atoms with Gasteiger partial charge in [0, 0.05) is 36.1 Å². The zero-order valence-corrected chi connectivity index (χ0v) is 24.3. The van der Waals surface area contributed by atoms with Crippen LogP contribution in [0, 0.1) is 34.5 Å². The highest BCUT2D eigenvalue weighted by atomic mass is 16.2. The minimum absolute atomic E-state index is 0.0604. The van der Waals surface area contributed by atoms with Crippen molar-refractivity contribution in [2.45, 2.75) is 110 Å². The van der Waals surface area contributed by atoms with Gasteiger partial charge in [0.1, 0.15) is 0 Å². The molecule has 6 atom stereocenters. The molecule has 0 radical (unpaired) electrons. The second-order valence-electron chi connectivity index (χ2n) is 15.0. The van der Waals surface area contributed by atoms with E-state index in [2.05, 4.69) is 69.5 Å². The molecule has 1 aliphatic heterocycles. The molecule has 4 fully saturated rings. The lowest BCUT2D eigenvalue weighted by Crippen LogP contribution is -2.57. The number of hydrogen-bond acceptors (Lipinski definition) is 3. The van der Waals surface area contributed by atoms with Gasteiger partial charge in [-0.2, -0.15) is 0 Å². The first kappa shape index (κ1) is 26.1. The monoisotopic (exact) mass is 516 g/mol. The molecule has 1 aromatic carbocycles. The van der Waals surface area contributed by atoms with Crippen LogP contribution in [0.25, 0.3) is 0 Å². The number of fused-ring (bicyclic) bond motifs is 5. The number of carbonyl (C=O) groups excluding carboxylic acids is 2. The summed E-state index contributed by atoms with van der Waals surface area (Å²) < 4.78 is 0. The standard InChI is InChI=1S/C34H48N2O2/c1-31(2,3)22-8-10-23(11-9-22)34(16-6-7-17-34)36-30(38)28-13-12-26-25-21-35-29-20-24(37)14-18-33(29,5)27(25)15-19-32(26,28)4/h8-11,20,25-28,35H,6-7,12-19,21H2,1-5H3,(H,36,38)/t25?,26?,27?,28-,32+,33-/m1/s1. The Bertz CT molecular complexity index is 1140. The van der Waals surface area contributed by atoms with Gasteiger partial charge < -0.3 is 10.6 Å². The normalized spacial score (nSPS) is 37.9. The summed E-state index contributed by atoms with van der Waals surface area (Å²) in [6.07, 6.45) is 12.4. The van der Waals surface area contributed by atoms with E-state index in [1.165, 1.54) is 36.1 Å². The van der Waals surface area contributed by atoms with Crippen molar-refractivity contribution < 1.29 is 9.59 Å². The number of hydrogen-bond donors (Lipinski definition) is 2. The van der Waals surface area contributed by atoms with E-state index in [9.17, 15) is 9.59 Å². The molecule has 2 N–H and O–H groups in total. The molecule has 0 aromatic heterocycles. The first-order valence-electron chi connectivity index (χ1n) is 15.4. The second kappa shape index (κ2) is 8.96. The third kappa shape index (κ3) is 3.99. The van der Waals surface area contributed by atoms with Crippen molar-refractivity contribution in [2.24, 2.45) is 34.5 Å². The smallest absolute Gasteiger partial charge is 0.224 e. The lowest BCUT2D eigenvalue weighted by molar-refractivity contribution is -0.134. The third-order valence-electron chi connectivity index (χ3n) is 12.0. The Morgan fingerprint density at radius 3 is 2.34 bits per heavy atom. The van der Waals surface area contributed by atoms with E-state index in [0.717, 1.165) is 45.1 Å². The first-order valence-corrected chi connectivity index (χ1v) is 15.4. The van der Waals surface area contributed by atoms with E-state index in [1.54, 1.807) is 0 Å². The highest BCUT2D eigenvalue weighted by Gasteiger charge is 2.60. The van der Waals surface area contributed by atoms with Crippen LogP contribution in [0.4, 0.5) is 0 Å². The number of amides is 1. The van der Waals surface area contributed by atoms with Gasteiger partial charge in [-0.05, 0) is 84.7 Å². The zero-order valence-electron chi connectivity index (χ0n) is 24.3. The summed E-state index contributed by atoms with van der Waals surface area (Å²) in [6, 6.07) is 9.11.